The van der Waals surface area contributed by atoms with E-state index < -0.39 is 0 Å². The number of likely N-dealkylation sites (tertiary alicyclic amines) is 1. The van der Waals surface area contributed by atoms with E-state index in [0.29, 0.717) is 5.41 Å². The Labute approximate surface area is 123 Å². The molecule has 0 bridgehead atoms. The Balaban J connectivity index is 2.03. The molecule has 2 aliphatic heterocycles. The van der Waals surface area contributed by atoms with Crippen LogP contribution in [-0.4, -0.2) is 66.6 Å². The standard InChI is InChI=1S/C15H31N3S/c1-14(2)9-15(10-16,12-19-11-14)18(4)8-13-6-5-7-17(13)3/h13H,5-12,16H2,1-4H3. The lowest BCUT2D eigenvalue weighted by Crippen LogP contribution is -2.60. The first-order valence-electron chi connectivity index (χ1n) is 7.58. The van der Waals surface area contributed by atoms with Gasteiger partial charge in [-0.1, -0.05) is 13.8 Å². The van der Waals surface area contributed by atoms with Gasteiger partial charge in [0, 0.05) is 30.4 Å². The highest BCUT2D eigenvalue weighted by atomic mass is 32.2. The maximum Gasteiger partial charge on any atom is 0.0424 e. The van der Waals surface area contributed by atoms with Crippen LogP contribution in [0.1, 0.15) is 33.1 Å². The average molecular weight is 286 g/mol. The molecule has 0 saturated carbocycles. The van der Waals surface area contributed by atoms with Crippen LogP contribution >= 0.6 is 11.8 Å². The van der Waals surface area contributed by atoms with Gasteiger partial charge in [0.15, 0.2) is 0 Å². The van der Waals surface area contributed by atoms with Gasteiger partial charge in [-0.15, -0.1) is 0 Å². The summed E-state index contributed by atoms with van der Waals surface area (Å²) in [6.07, 6.45) is 3.93. The third kappa shape index (κ3) is 3.46. The van der Waals surface area contributed by atoms with Gasteiger partial charge in [-0.05, 0) is 51.1 Å². The molecule has 2 heterocycles. The molecule has 0 aliphatic carbocycles. The summed E-state index contributed by atoms with van der Waals surface area (Å²) in [6, 6.07) is 0.725. The zero-order valence-corrected chi connectivity index (χ0v) is 13.9. The third-order valence-corrected chi connectivity index (χ3v) is 6.74. The predicted octanol–water partition coefficient (Wildman–Crippen LogP) is 1.87. The van der Waals surface area contributed by atoms with E-state index in [4.69, 9.17) is 5.73 Å². The number of rotatable bonds is 4. The average Bonchev–Trinajstić information content (AvgIpc) is 2.73. The minimum absolute atomic E-state index is 0.204. The number of hydrogen-bond acceptors (Lipinski definition) is 4. The summed E-state index contributed by atoms with van der Waals surface area (Å²) in [6.45, 7) is 7.99. The predicted molar refractivity (Wildman–Crippen MR) is 85.8 cm³/mol. The van der Waals surface area contributed by atoms with Crippen molar-refractivity contribution >= 4 is 11.8 Å². The third-order valence-electron chi connectivity index (χ3n) is 5.02. The maximum absolute atomic E-state index is 6.20. The molecule has 0 aromatic rings. The van der Waals surface area contributed by atoms with Gasteiger partial charge >= 0.3 is 0 Å². The first-order valence-corrected chi connectivity index (χ1v) is 8.73. The largest absolute Gasteiger partial charge is 0.329 e. The molecule has 2 atom stereocenters. The van der Waals surface area contributed by atoms with Crippen LogP contribution in [0.2, 0.25) is 0 Å². The molecule has 0 aromatic heterocycles. The lowest BCUT2D eigenvalue weighted by Gasteiger charge is -2.50. The molecule has 2 saturated heterocycles. The number of nitrogens with two attached hydrogens (primary N) is 1. The molecule has 2 unspecified atom stereocenters. The summed E-state index contributed by atoms with van der Waals surface area (Å²) in [7, 11) is 4.56. The zero-order valence-electron chi connectivity index (χ0n) is 13.1. The molecule has 0 radical (unpaired) electrons. The fourth-order valence-electron chi connectivity index (χ4n) is 3.76. The van der Waals surface area contributed by atoms with Crippen LogP contribution in [0.25, 0.3) is 0 Å². The molecule has 0 amide bonds. The first kappa shape index (κ1) is 15.6. The zero-order chi connectivity index (χ0) is 14.1. The van der Waals surface area contributed by atoms with Gasteiger partial charge in [0.2, 0.25) is 0 Å². The van der Waals surface area contributed by atoms with E-state index in [9.17, 15) is 0 Å². The van der Waals surface area contributed by atoms with E-state index in [1.807, 2.05) is 0 Å². The van der Waals surface area contributed by atoms with Crippen LogP contribution in [0.15, 0.2) is 0 Å². The molecule has 2 rings (SSSR count). The van der Waals surface area contributed by atoms with E-state index in [1.54, 1.807) is 0 Å². The van der Waals surface area contributed by atoms with Crippen LogP contribution in [0.5, 0.6) is 0 Å². The number of likely N-dealkylation sites (N-methyl/N-ethyl adjacent to an activating group) is 2. The molecule has 112 valence electrons. The normalized spacial score (nSPS) is 36.0. The summed E-state index contributed by atoms with van der Waals surface area (Å²) in [5, 5.41) is 0. The Morgan fingerprint density at radius 1 is 1.37 bits per heavy atom. The second kappa shape index (κ2) is 5.92. The minimum Gasteiger partial charge on any atom is -0.329 e. The van der Waals surface area contributed by atoms with Crippen molar-refractivity contribution in [1.29, 1.82) is 0 Å². The number of thioether (sulfide) groups is 1. The summed E-state index contributed by atoms with van der Waals surface area (Å²) < 4.78 is 0. The van der Waals surface area contributed by atoms with Crippen LogP contribution < -0.4 is 5.73 Å². The Morgan fingerprint density at radius 3 is 2.63 bits per heavy atom. The van der Waals surface area contributed by atoms with Crippen molar-refractivity contribution in [2.75, 3.05) is 45.2 Å². The van der Waals surface area contributed by atoms with Crippen molar-refractivity contribution in [3.05, 3.63) is 0 Å². The molecule has 0 spiro atoms. The Kier molecular flexibility index (Phi) is 4.87. The monoisotopic (exact) mass is 285 g/mol. The maximum atomic E-state index is 6.20. The second-order valence-electron chi connectivity index (χ2n) is 7.42. The van der Waals surface area contributed by atoms with E-state index in [1.165, 1.54) is 43.9 Å². The first-order chi connectivity index (χ1) is 8.88. The van der Waals surface area contributed by atoms with Gasteiger partial charge in [0.05, 0.1) is 0 Å². The van der Waals surface area contributed by atoms with Crippen molar-refractivity contribution < 1.29 is 0 Å². The van der Waals surface area contributed by atoms with Crippen LogP contribution in [0, 0.1) is 5.41 Å². The molecule has 2 aliphatic rings. The van der Waals surface area contributed by atoms with Gasteiger partial charge in [-0.25, -0.2) is 0 Å². The molecular formula is C15H31N3S. The summed E-state index contributed by atoms with van der Waals surface area (Å²) in [5.74, 6) is 2.46. The Bertz CT molecular complexity index is 308. The molecular weight excluding hydrogens is 254 g/mol. The lowest BCUT2D eigenvalue weighted by atomic mass is 9.78. The summed E-state index contributed by atoms with van der Waals surface area (Å²) >= 11 is 2.09. The van der Waals surface area contributed by atoms with Crippen LogP contribution in [-0.2, 0) is 0 Å². The highest BCUT2D eigenvalue weighted by Crippen LogP contribution is 2.41. The van der Waals surface area contributed by atoms with Gasteiger partial charge in [0.1, 0.15) is 0 Å². The van der Waals surface area contributed by atoms with Crippen LogP contribution in [0.4, 0.5) is 0 Å². The van der Waals surface area contributed by atoms with Gasteiger partial charge in [-0.2, -0.15) is 11.8 Å². The van der Waals surface area contributed by atoms with Crippen molar-refractivity contribution in [2.45, 2.75) is 44.7 Å². The van der Waals surface area contributed by atoms with Crippen molar-refractivity contribution in [1.82, 2.24) is 9.80 Å². The van der Waals surface area contributed by atoms with Crippen molar-refractivity contribution in [2.24, 2.45) is 11.1 Å². The second-order valence-corrected chi connectivity index (χ2v) is 8.41. The van der Waals surface area contributed by atoms with E-state index in [0.717, 1.165) is 12.6 Å². The lowest BCUT2D eigenvalue weighted by molar-refractivity contribution is 0.0723. The fourth-order valence-corrected chi connectivity index (χ4v) is 5.34. The smallest absolute Gasteiger partial charge is 0.0424 e. The molecule has 19 heavy (non-hydrogen) atoms. The van der Waals surface area contributed by atoms with Gasteiger partial charge in [-0.3, -0.25) is 4.90 Å². The highest BCUT2D eigenvalue weighted by molar-refractivity contribution is 7.99. The Morgan fingerprint density at radius 2 is 2.11 bits per heavy atom. The van der Waals surface area contributed by atoms with E-state index >= 15 is 0 Å². The van der Waals surface area contributed by atoms with E-state index in [-0.39, 0.29) is 5.54 Å². The van der Waals surface area contributed by atoms with E-state index in [2.05, 4.69) is 49.5 Å². The molecule has 2 N–H and O–H groups in total. The fraction of sp³-hybridized carbons (Fsp3) is 1.00. The molecule has 3 nitrogen and oxygen atoms in total. The highest BCUT2D eigenvalue weighted by Gasteiger charge is 2.43. The van der Waals surface area contributed by atoms with Gasteiger partial charge in [0.25, 0.3) is 0 Å². The van der Waals surface area contributed by atoms with Crippen molar-refractivity contribution in [3.63, 3.8) is 0 Å². The summed E-state index contributed by atoms with van der Waals surface area (Å²) in [5.41, 5.74) is 6.82. The Hall–Kier alpha value is 0.230. The van der Waals surface area contributed by atoms with Crippen LogP contribution in [0.3, 0.4) is 0 Å². The van der Waals surface area contributed by atoms with Crippen molar-refractivity contribution in [3.8, 4) is 0 Å². The SMILES string of the molecule is CN1CCCC1CN(C)C1(CN)CSCC(C)(C)C1. The topological polar surface area (TPSA) is 32.5 Å². The number of nitrogens with zero attached hydrogens (tertiary/aromatic N) is 2. The molecule has 4 heteroatoms. The quantitative estimate of drug-likeness (QED) is 0.855. The summed E-state index contributed by atoms with van der Waals surface area (Å²) in [4.78, 5) is 5.09. The molecule has 2 fully saturated rings. The molecule has 0 aromatic carbocycles. The van der Waals surface area contributed by atoms with Gasteiger partial charge < -0.3 is 10.6 Å². The minimum atomic E-state index is 0.204. The number of hydrogen-bond donors (Lipinski definition) is 1.